The molecule has 1 unspecified atom stereocenters. The van der Waals surface area contributed by atoms with Crippen LogP contribution in [0.1, 0.15) is 30.4 Å². The lowest BCUT2D eigenvalue weighted by Gasteiger charge is -2.42. The van der Waals surface area contributed by atoms with Gasteiger partial charge in [-0.15, -0.1) is 0 Å². The van der Waals surface area contributed by atoms with Crippen LogP contribution in [0.2, 0.25) is 0 Å². The second-order valence-corrected chi connectivity index (χ2v) is 12.6. The lowest BCUT2D eigenvalue weighted by molar-refractivity contribution is -0.138. The largest absolute Gasteiger partial charge is 0.497 e. The van der Waals surface area contributed by atoms with Crippen LogP contribution in [-0.4, -0.2) is 132 Å². The molecule has 3 saturated heterocycles. The number of hydrogen-bond acceptors (Lipinski definition) is 8. The Morgan fingerprint density at radius 1 is 0.974 bits per heavy atom. The molecular weight excluding hydrogens is 508 g/mol. The predicted octanol–water partition coefficient (Wildman–Crippen LogP) is 1.35. The second-order valence-electron chi connectivity index (χ2n) is 10.7. The molecule has 0 N–H and O–H groups in total. The molecule has 1 atom stereocenters. The van der Waals surface area contributed by atoms with Gasteiger partial charge >= 0.3 is 0 Å². The van der Waals surface area contributed by atoms with Crippen LogP contribution in [0.4, 0.5) is 0 Å². The van der Waals surface area contributed by atoms with Gasteiger partial charge in [-0.05, 0) is 76.5 Å². The van der Waals surface area contributed by atoms with Crippen molar-refractivity contribution in [1.29, 1.82) is 0 Å². The third-order valence-corrected chi connectivity index (χ3v) is 10.4. The van der Waals surface area contributed by atoms with Crippen LogP contribution >= 0.6 is 0 Å². The van der Waals surface area contributed by atoms with E-state index in [0.29, 0.717) is 60.5 Å². The zero-order chi connectivity index (χ0) is 27.3. The summed E-state index contributed by atoms with van der Waals surface area (Å²) in [6.45, 7) is 10.2. The fourth-order valence-electron chi connectivity index (χ4n) is 5.91. The number of aryl methyl sites for hydroxylation is 2. The Morgan fingerprint density at radius 3 is 2.26 bits per heavy atom. The summed E-state index contributed by atoms with van der Waals surface area (Å²) in [6, 6.07) is 3.69. The summed E-state index contributed by atoms with van der Waals surface area (Å²) in [4.78, 5) is 20.0. The summed E-state index contributed by atoms with van der Waals surface area (Å²) >= 11 is 0. The lowest BCUT2D eigenvalue weighted by atomic mass is 10.0. The van der Waals surface area contributed by atoms with Crippen LogP contribution in [0.3, 0.4) is 0 Å². The van der Waals surface area contributed by atoms with Crippen molar-refractivity contribution in [2.75, 3.05) is 86.4 Å². The maximum Gasteiger partial charge on any atom is 0.248 e. The molecule has 0 spiro atoms. The van der Waals surface area contributed by atoms with Crippen molar-refractivity contribution in [3.05, 3.63) is 23.3 Å². The van der Waals surface area contributed by atoms with Crippen LogP contribution in [0.15, 0.2) is 17.0 Å². The van der Waals surface area contributed by atoms with E-state index in [4.69, 9.17) is 14.2 Å². The number of hydrogen-bond donors (Lipinski definition) is 0. The molecule has 3 aliphatic rings. The van der Waals surface area contributed by atoms with Gasteiger partial charge in [0.25, 0.3) is 0 Å². The Morgan fingerprint density at radius 2 is 1.63 bits per heavy atom. The van der Waals surface area contributed by atoms with Gasteiger partial charge < -0.3 is 24.0 Å². The lowest BCUT2D eigenvalue weighted by Crippen LogP contribution is -2.54. The number of methoxy groups -OCH3 is 1. The molecule has 38 heavy (non-hydrogen) atoms. The molecule has 11 heteroatoms. The highest BCUT2D eigenvalue weighted by Gasteiger charge is 2.35. The number of amides is 1. The van der Waals surface area contributed by atoms with E-state index in [9.17, 15) is 13.2 Å². The van der Waals surface area contributed by atoms with Gasteiger partial charge in [0.2, 0.25) is 15.9 Å². The SMILES string of the molecule is COc1cc(C)c(S(=O)(=O)N2CCOCCC2COCC(=O)N2CCN(C3CCN(C)CC3)CC2)c(C)c1. The third kappa shape index (κ3) is 6.86. The van der Waals surface area contributed by atoms with Crippen LogP contribution in [0, 0.1) is 13.8 Å². The van der Waals surface area contributed by atoms with E-state index >= 15 is 0 Å². The first-order chi connectivity index (χ1) is 18.2. The fourth-order valence-corrected chi connectivity index (χ4v) is 7.95. The molecule has 0 aromatic heterocycles. The van der Waals surface area contributed by atoms with Crippen molar-refractivity contribution >= 4 is 15.9 Å². The molecule has 0 saturated carbocycles. The summed E-state index contributed by atoms with van der Waals surface area (Å²) < 4.78 is 45.9. The highest BCUT2D eigenvalue weighted by Crippen LogP contribution is 2.30. The number of nitrogens with zero attached hydrogens (tertiary/aromatic N) is 4. The summed E-state index contributed by atoms with van der Waals surface area (Å²) in [6.07, 6.45) is 2.89. The van der Waals surface area contributed by atoms with Gasteiger partial charge in [-0.3, -0.25) is 9.69 Å². The zero-order valence-corrected chi connectivity index (χ0v) is 24.2. The molecule has 10 nitrogen and oxygen atoms in total. The van der Waals surface area contributed by atoms with E-state index in [1.807, 2.05) is 4.90 Å². The first-order valence-electron chi connectivity index (χ1n) is 13.7. The Bertz CT molecular complexity index is 1030. The highest BCUT2D eigenvalue weighted by atomic mass is 32.2. The normalized spacial score (nSPS) is 23.4. The van der Waals surface area contributed by atoms with Gasteiger partial charge in [0.1, 0.15) is 12.4 Å². The van der Waals surface area contributed by atoms with Gasteiger partial charge in [-0.25, -0.2) is 8.42 Å². The number of sulfonamides is 1. The molecule has 3 fully saturated rings. The Kier molecular flexibility index (Phi) is 10.0. The molecule has 0 bridgehead atoms. The average molecular weight is 553 g/mol. The van der Waals surface area contributed by atoms with Crippen LogP contribution in [-0.2, 0) is 24.3 Å². The molecule has 1 aromatic carbocycles. The number of rotatable bonds is 8. The van der Waals surface area contributed by atoms with Crippen molar-refractivity contribution in [3.8, 4) is 5.75 Å². The molecule has 1 aromatic rings. The fraction of sp³-hybridized carbons (Fsp3) is 0.741. The van der Waals surface area contributed by atoms with E-state index in [-0.39, 0.29) is 25.7 Å². The van der Waals surface area contributed by atoms with Gasteiger partial charge in [0, 0.05) is 45.4 Å². The monoisotopic (exact) mass is 552 g/mol. The van der Waals surface area contributed by atoms with E-state index in [2.05, 4.69) is 16.8 Å². The van der Waals surface area contributed by atoms with Crippen molar-refractivity contribution in [2.45, 2.75) is 50.1 Å². The maximum atomic E-state index is 13.8. The zero-order valence-electron chi connectivity index (χ0n) is 23.4. The number of carbonyl (C=O) groups is 1. The van der Waals surface area contributed by atoms with Gasteiger partial charge in [0.15, 0.2) is 0 Å². The Hall–Kier alpha value is -1.76. The van der Waals surface area contributed by atoms with Gasteiger partial charge in [0.05, 0.1) is 31.3 Å². The molecule has 214 valence electrons. The summed E-state index contributed by atoms with van der Waals surface area (Å²) in [7, 11) is -0.0590. The first kappa shape index (κ1) is 29.2. The van der Waals surface area contributed by atoms with Gasteiger partial charge in [-0.2, -0.15) is 4.31 Å². The van der Waals surface area contributed by atoms with E-state index in [1.54, 1.807) is 33.1 Å². The smallest absolute Gasteiger partial charge is 0.248 e. The first-order valence-corrected chi connectivity index (χ1v) is 15.2. The molecule has 1 amide bonds. The van der Waals surface area contributed by atoms with Crippen molar-refractivity contribution in [3.63, 3.8) is 0 Å². The van der Waals surface area contributed by atoms with E-state index in [1.165, 1.54) is 17.1 Å². The summed E-state index contributed by atoms with van der Waals surface area (Å²) in [5, 5.41) is 0. The minimum atomic E-state index is -3.80. The number of carbonyl (C=O) groups excluding carboxylic acids is 1. The van der Waals surface area contributed by atoms with Crippen molar-refractivity contribution in [1.82, 2.24) is 19.0 Å². The molecule has 4 rings (SSSR count). The highest BCUT2D eigenvalue weighted by molar-refractivity contribution is 7.89. The van der Waals surface area contributed by atoms with E-state index in [0.717, 1.165) is 26.2 Å². The average Bonchev–Trinajstić information content (AvgIpc) is 3.15. The third-order valence-electron chi connectivity index (χ3n) is 8.10. The molecule has 0 aliphatic carbocycles. The minimum absolute atomic E-state index is 0.0332. The van der Waals surface area contributed by atoms with E-state index < -0.39 is 16.1 Å². The minimum Gasteiger partial charge on any atom is -0.497 e. The molecule has 3 heterocycles. The Labute approximate surface area is 227 Å². The van der Waals surface area contributed by atoms with Crippen LogP contribution < -0.4 is 4.74 Å². The van der Waals surface area contributed by atoms with Crippen molar-refractivity contribution < 1.29 is 27.4 Å². The van der Waals surface area contributed by atoms with Crippen molar-refractivity contribution in [2.24, 2.45) is 0 Å². The topological polar surface area (TPSA) is 91.9 Å². The summed E-state index contributed by atoms with van der Waals surface area (Å²) in [5.74, 6) is 0.595. The van der Waals surface area contributed by atoms with Crippen LogP contribution in [0.5, 0.6) is 5.75 Å². The van der Waals surface area contributed by atoms with Gasteiger partial charge in [-0.1, -0.05) is 0 Å². The second kappa shape index (κ2) is 13.1. The molecule has 3 aliphatic heterocycles. The number of benzene rings is 1. The molecule has 0 radical (unpaired) electrons. The standard InChI is InChI=1S/C27H44N4O6S/c1-21-17-25(35-4)18-22(2)27(21)38(33,34)31-14-16-36-15-7-24(31)19-37-20-26(32)30-12-10-29(11-13-30)23-5-8-28(3)9-6-23/h17-18,23-24H,5-16,19-20H2,1-4H3. The number of piperazine rings is 1. The quantitative estimate of drug-likeness (QED) is 0.477. The maximum absolute atomic E-state index is 13.8. The number of likely N-dealkylation sites (tertiary alicyclic amines) is 1. The Balaban J connectivity index is 1.33. The summed E-state index contributed by atoms with van der Waals surface area (Å²) in [5.41, 5.74) is 1.28. The molecular formula is C27H44N4O6S. The number of piperidine rings is 1. The van der Waals surface area contributed by atoms with Crippen LogP contribution in [0.25, 0.3) is 0 Å². The predicted molar refractivity (Wildman–Crippen MR) is 145 cm³/mol. The number of ether oxygens (including phenoxy) is 3.